The molecule has 37 heavy (non-hydrogen) atoms. The number of carboxylic acid groups (broad SMARTS) is 1. The average molecular weight is 521 g/mol. The Hall–Kier alpha value is -3.36. The molecule has 2 aromatic carbocycles. The van der Waals surface area contributed by atoms with Crippen LogP contribution in [0.25, 0.3) is 0 Å². The fraction of sp³-hybridized carbons (Fsp3) is 0.379. The van der Waals surface area contributed by atoms with Crippen molar-refractivity contribution in [3.05, 3.63) is 75.7 Å². The number of nitrogens with one attached hydrogen (secondary N) is 2. The molecule has 1 aliphatic carbocycles. The number of carbonyl (C=O) groups excluding carboxylic acids is 1. The van der Waals surface area contributed by atoms with Crippen molar-refractivity contribution in [1.29, 1.82) is 0 Å². The van der Waals surface area contributed by atoms with Gasteiger partial charge >= 0.3 is 5.97 Å². The monoisotopic (exact) mass is 520 g/mol. The smallest absolute Gasteiger partial charge is 0.339 e. The molecule has 3 N–H and O–H groups in total. The number of carboxylic acids is 1. The molecule has 0 radical (unpaired) electrons. The van der Waals surface area contributed by atoms with Crippen LogP contribution in [0.1, 0.15) is 62.6 Å². The Morgan fingerprint density at radius 3 is 2.65 bits per heavy atom. The molecule has 0 bridgehead atoms. The van der Waals surface area contributed by atoms with E-state index in [1.54, 1.807) is 19.2 Å². The zero-order valence-corrected chi connectivity index (χ0v) is 21.7. The van der Waals surface area contributed by atoms with Crippen LogP contribution >= 0.6 is 11.3 Å². The van der Waals surface area contributed by atoms with Gasteiger partial charge in [0.25, 0.3) is 5.91 Å². The average Bonchev–Trinajstić information content (AvgIpc) is 3.35. The number of hydrogen-bond donors (Lipinski definition) is 3. The van der Waals surface area contributed by atoms with Crippen molar-refractivity contribution in [2.45, 2.75) is 38.0 Å². The second-order valence-corrected chi connectivity index (χ2v) is 10.6. The molecule has 5 rings (SSSR count). The van der Waals surface area contributed by atoms with E-state index < -0.39 is 5.97 Å². The van der Waals surface area contributed by atoms with Gasteiger partial charge in [0.05, 0.1) is 18.4 Å². The van der Waals surface area contributed by atoms with E-state index in [0.29, 0.717) is 22.2 Å². The molecule has 1 fully saturated rings. The van der Waals surface area contributed by atoms with Crippen molar-refractivity contribution in [3.63, 3.8) is 0 Å². The van der Waals surface area contributed by atoms with Crippen molar-refractivity contribution in [2.75, 3.05) is 37.5 Å². The summed E-state index contributed by atoms with van der Waals surface area (Å²) in [7, 11) is 1.58. The van der Waals surface area contributed by atoms with Crippen LogP contribution in [0.5, 0.6) is 5.75 Å². The van der Waals surface area contributed by atoms with Crippen molar-refractivity contribution in [3.8, 4) is 5.75 Å². The van der Waals surface area contributed by atoms with E-state index in [1.807, 2.05) is 23.6 Å². The molecule has 3 aromatic rings. The lowest BCUT2D eigenvalue weighted by atomic mass is 9.80. The maximum Gasteiger partial charge on any atom is 0.339 e. The highest BCUT2D eigenvalue weighted by Crippen LogP contribution is 2.40. The van der Waals surface area contributed by atoms with E-state index in [4.69, 9.17) is 9.47 Å². The molecule has 1 saturated heterocycles. The Labute approximate surface area is 220 Å². The molecule has 0 spiro atoms. The number of carbonyl (C=O) groups is 2. The molecule has 1 aliphatic heterocycles. The number of benzene rings is 2. The predicted molar refractivity (Wildman–Crippen MR) is 145 cm³/mol. The van der Waals surface area contributed by atoms with E-state index in [9.17, 15) is 14.7 Å². The molecule has 2 aliphatic rings. The molecular formula is C29H32N2O5S. The molecule has 1 aromatic heterocycles. The van der Waals surface area contributed by atoms with E-state index in [2.05, 4.69) is 22.8 Å². The third-order valence-electron chi connectivity index (χ3n) is 7.43. The standard InChI is InChI=1S/C29H32N2O5S/c1-35-25-15-22(8-9-24(25)30-16-18-10-12-36-13-11-18)27(32)31-28-26(29(33)34)23(17-37-28)21-7-6-19-4-2-3-5-20(19)14-21/h2-5,8-9,15,17-18,21,30H,6-7,10-14,16H2,1H3,(H,31,32)(H,33,34). The molecule has 194 valence electrons. The third-order valence-corrected chi connectivity index (χ3v) is 8.35. The fourth-order valence-corrected chi connectivity index (χ4v) is 6.34. The summed E-state index contributed by atoms with van der Waals surface area (Å²) in [6.07, 6.45) is 4.67. The van der Waals surface area contributed by atoms with Crippen LogP contribution in [0.15, 0.2) is 47.8 Å². The van der Waals surface area contributed by atoms with Gasteiger partial charge in [-0.15, -0.1) is 11.3 Å². The van der Waals surface area contributed by atoms with E-state index in [0.717, 1.165) is 63.1 Å². The quantitative estimate of drug-likeness (QED) is 0.346. The van der Waals surface area contributed by atoms with Gasteiger partial charge in [-0.05, 0) is 84.2 Å². The Bertz CT molecular complexity index is 1280. The van der Waals surface area contributed by atoms with Crippen molar-refractivity contribution < 1.29 is 24.2 Å². The van der Waals surface area contributed by atoms with Gasteiger partial charge in [0.2, 0.25) is 0 Å². The van der Waals surface area contributed by atoms with Gasteiger partial charge in [-0.25, -0.2) is 4.79 Å². The van der Waals surface area contributed by atoms with Crippen LogP contribution in [-0.4, -0.2) is 43.9 Å². The first kappa shape index (κ1) is 25.3. The van der Waals surface area contributed by atoms with Gasteiger partial charge in [0.1, 0.15) is 10.8 Å². The highest BCUT2D eigenvalue weighted by Gasteiger charge is 2.28. The Morgan fingerprint density at radius 2 is 1.89 bits per heavy atom. The first-order valence-electron chi connectivity index (χ1n) is 12.8. The molecule has 8 heteroatoms. The number of hydrogen-bond acceptors (Lipinski definition) is 6. The number of ether oxygens (including phenoxy) is 2. The minimum atomic E-state index is -1.02. The number of fused-ring (bicyclic) bond motifs is 1. The van der Waals surface area contributed by atoms with Crippen LogP contribution in [0, 0.1) is 5.92 Å². The first-order valence-corrected chi connectivity index (χ1v) is 13.6. The first-order chi connectivity index (χ1) is 18.0. The van der Waals surface area contributed by atoms with Crippen LogP contribution < -0.4 is 15.4 Å². The van der Waals surface area contributed by atoms with Crippen LogP contribution in [-0.2, 0) is 17.6 Å². The highest BCUT2D eigenvalue weighted by atomic mass is 32.1. The number of aromatic carboxylic acids is 1. The number of thiophene rings is 1. The topological polar surface area (TPSA) is 96.9 Å². The summed E-state index contributed by atoms with van der Waals surface area (Å²) in [5.41, 5.74) is 4.83. The lowest BCUT2D eigenvalue weighted by molar-refractivity contribution is 0.0694. The number of rotatable bonds is 8. The van der Waals surface area contributed by atoms with Crippen molar-refractivity contribution in [2.24, 2.45) is 5.92 Å². The molecule has 1 amide bonds. The Balaban J connectivity index is 1.30. The number of aryl methyl sites for hydroxylation is 1. The zero-order valence-electron chi connectivity index (χ0n) is 20.9. The lowest BCUT2D eigenvalue weighted by Crippen LogP contribution is -2.22. The van der Waals surface area contributed by atoms with Gasteiger partial charge in [-0.1, -0.05) is 24.3 Å². The fourth-order valence-electron chi connectivity index (χ4n) is 5.31. The summed E-state index contributed by atoms with van der Waals surface area (Å²) in [4.78, 5) is 25.4. The van der Waals surface area contributed by atoms with Gasteiger partial charge in [-0.2, -0.15) is 0 Å². The summed E-state index contributed by atoms with van der Waals surface area (Å²) >= 11 is 1.27. The Morgan fingerprint density at radius 1 is 1.11 bits per heavy atom. The van der Waals surface area contributed by atoms with Crippen LogP contribution in [0.4, 0.5) is 10.7 Å². The summed E-state index contributed by atoms with van der Waals surface area (Å²) in [6, 6.07) is 13.6. The van der Waals surface area contributed by atoms with E-state index in [-0.39, 0.29) is 17.4 Å². The number of methoxy groups -OCH3 is 1. The van der Waals surface area contributed by atoms with Gasteiger partial charge in [-0.3, -0.25) is 4.79 Å². The van der Waals surface area contributed by atoms with Crippen molar-refractivity contribution >= 4 is 33.9 Å². The van der Waals surface area contributed by atoms with Crippen LogP contribution in [0.2, 0.25) is 0 Å². The van der Waals surface area contributed by atoms with Gasteiger partial charge in [0.15, 0.2) is 0 Å². The predicted octanol–water partition coefficient (Wildman–Crippen LogP) is 5.82. The minimum Gasteiger partial charge on any atom is -0.495 e. The molecule has 7 nitrogen and oxygen atoms in total. The van der Waals surface area contributed by atoms with E-state index >= 15 is 0 Å². The summed E-state index contributed by atoms with van der Waals surface area (Å²) in [6.45, 7) is 2.40. The highest BCUT2D eigenvalue weighted by molar-refractivity contribution is 7.15. The normalized spacial score (nSPS) is 17.6. The SMILES string of the molecule is COc1cc(C(=O)Nc2scc(C3CCc4ccccc4C3)c2C(=O)O)ccc1NCC1CCOCC1. The number of amides is 1. The maximum absolute atomic E-state index is 13.1. The summed E-state index contributed by atoms with van der Waals surface area (Å²) in [5.74, 6) is -0.147. The van der Waals surface area contributed by atoms with E-state index in [1.165, 1.54) is 22.5 Å². The number of anilines is 2. The second-order valence-electron chi connectivity index (χ2n) is 9.71. The molecule has 2 heterocycles. The molecule has 0 saturated carbocycles. The molecule has 1 unspecified atom stereocenters. The Kier molecular flexibility index (Phi) is 7.76. The van der Waals surface area contributed by atoms with Crippen molar-refractivity contribution in [1.82, 2.24) is 0 Å². The van der Waals surface area contributed by atoms with Crippen LogP contribution in [0.3, 0.4) is 0 Å². The zero-order chi connectivity index (χ0) is 25.8. The maximum atomic E-state index is 13.1. The van der Waals surface area contributed by atoms with Gasteiger partial charge < -0.3 is 25.2 Å². The second kappa shape index (κ2) is 11.4. The summed E-state index contributed by atoms with van der Waals surface area (Å²) in [5, 5.41) is 18.6. The molecule has 1 atom stereocenters. The lowest BCUT2D eigenvalue weighted by Gasteiger charge is -2.24. The third kappa shape index (κ3) is 5.65. The largest absolute Gasteiger partial charge is 0.495 e. The molecular weight excluding hydrogens is 488 g/mol. The van der Waals surface area contributed by atoms with Gasteiger partial charge in [0, 0.05) is 25.3 Å². The minimum absolute atomic E-state index is 0.115. The summed E-state index contributed by atoms with van der Waals surface area (Å²) < 4.78 is 11.0.